The highest BCUT2D eigenvalue weighted by Gasteiger charge is 2.48. The Hall–Kier alpha value is -2.35. The largest absolute Gasteiger partial charge is 0.361 e. The number of fused-ring (bicyclic) bond motifs is 2. The van der Waals surface area contributed by atoms with Crippen LogP contribution in [0.4, 0.5) is 0 Å². The maximum absolute atomic E-state index is 13.0. The molecule has 4 rings (SSSR count). The Kier molecular flexibility index (Phi) is 3.61. The lowest BCUT2D eigenvalue weighted by Crippen LogP contribution is -2.61. The average molecular weight is 361 g/mol. The lowest BCUT2D eigenvalue weighted by atomic mass is 10.0. The van der Waals surface area contributed by atoms with Crippen molar-refractivity contribution in [2.24, 2.45) is 0 Å². The standard InChI is InChI=1S/C17H19N3O4S/c1-11(21)19-6-7-20(16-10-25(23,24)9-15(16)19)17(22)13-3-2-12-4-5-18-14(12)8-13/h2-5,8,15-16,18H,6-7,9-10H2,1H3/t15-,16+/m1/s1. The molecule has 2 aromatic rings. The first-order valence-electron chi connectivity index (χ1n) is 8.21. The number of aromatic amines is 1. The van der Waals surface area contributed by atoms with Crippen LogP contribution in [0.15, 0.2) is 30.5 Å². The molecule has 0 unspecified atom stereocenters. The number of aromatic nitrogens is 1. The fourth-order valence-corrected chi connectivity index (χ4v) is 5.92. The number of sulfone groups is 1. The molecule has 0 aliphatic carbocycles. The van der Waals surface area contributed by atoms with Gasteiger partial charge in [0.15, 0.2) is 9.84 Å². The van der Waals surface area contributed by atoms with Crippen molar-refractivity contribution in [2.75, 3.05) is 24.6 Å². The van der Waals surface area contributed by atoms with Crippen LogP contribution in [0.25, 0.3) is 10.9 Å². The molecule has 1 N–H and O–H groups in total. The summed E-state index contributed by atoms with van der Waals surface area (Å²) >= 11 is 0. The first-order valence-corrected chi connectivity index (χ1v) is 10.0. The van der Waals surface area contributed by atoms with Crippen molar-refractivity contribution in [3.8, 4) is 0 Å². The summed E-state index contributed by atoms with van der Waals surface area (Å²) in [7, 11) is -3.26. The molecule has 1 aromatic heterocycles. The zero-order chi connectivity index (χ0) is 17.8. The number of carbonyl (C=O) groups is 2. The number of amides is 2. The molecule has 2 saturated heterocycles. The number of hydrogen-bond donors (Lipinski definition) is 1. The van der Waals surface area contributed by atoms with E-state index in [1.807, 2.05) is 18.3 Å². The SMILES string of the molecule is CC(=O)N1CCN(C(=O)c2ccc3cc[nH]c3c2)[C@H]2CS(=O)(=O)C[C@H]21. The molecule has 2 aliphatic rings. The molecule has 25 heavy (non-hydrogen) atoms. The molecule has 2 atom stereocenters. The summed E-state index contributed by atoms with van der Waals surface area (Å²) in [5.41, 5.74) is 1.39. The van der Waals surface area contributed by atoms with E-state index in [4.69, 9.17) is 0 Å². The van der Waals surface area contributed by atoms with Crippen LogP contribution in [0.2, 0.25) is 0 Å². The van der Waals surface area contributed by atoms with Gasteiger partial charge >= 0.3 is 0 Å². The Morgan fingerprint density at radius 1 is 1.08 bits per heavy atom. The summed E-state index contributed by atoms with van der Waals surface area (Å²) in [5.74, 6) is -0.493. The van der Waals surface area contributed by atoms with Crippen LogP contribution in [-0.4, -0.2) is 71.7 Å². The molecular weight excluding hydrogens is 342 g/mol. The van der Waals surface area contributed by atoms with Crippen molar-refractivity contribution in [1.82, 2.24) is 14.8 Å². The smallest absolute Gasteiger partial charge is 0.254 e. The fraction of sp³-hybridized carbons (Fsp3) is 0.412. The van der Waals surface area contributed by atoms with Gasteiger partial charge < -0.3 is 14.8 Å². The fourth-order valence-electron chi connectivity index (χ4n) is 3.94. The van der Waals surface area contributed by atoms with E-state index in [2.05, 4.69) is 4.98 Å². The van der Waals surface area contributed by atoms with Crippen molar-refractivity contribution in [3.05, 3.63) is 36.0 Å². The van der Waals surface area contributed by atoms with E-state index < -0.39 is 21.9 Å². The third-order valence-electron chi connectivity index (χ3n) is 5.14. The van der Waals surface area contributed by atoms with Crippen molar-refractivity contribution < 1.29 is 18.0 Å². The summed E-state index contributed by atoms with van der Waals surface area (Å²) in [6.07, 6.45) is 1.81. The second-order valence-corrected chi connectivity index (χ2v) is 8.86. The Morgan fingerprint density at radius 3 is 2.48 bits per heavy atom. The minimum absolute atomic E-state index is 0.0727. The van der Waals surface area contributed by atoms with Gasteiger partial charge in [-0.1, -0.05) is 6.07 Å². The minimum Gasteiger partial charge on any atom is -0.361 e. The number of rotatable bonds is 1. The topological polar surface area (TPSA) is 90.6 Å². The normalized spacial score (nSPS) is 25.2. The molecule has 0 radical (unpaired) electrons. The number of nitrogens with zero attached hydrogens (tertiary/aromatic N) is 2. The molecule has 0 spiro atoms. The summed E-state index contributed by atoms with van der Waals surface area (Å²) in [6.45, 7) is 2.15. The number of benzene rings is 1. The van der Waals surface area contributed by atoms with Crippen LogP contribution < -0.4 is 0 Å². The highest BCUT2D eigenvalue weighted by atomic mass is 32.2. The zero-order valence-electron chi connectivity index (χ0n) is 13.8. The molecule has 0 bridgehead atoms. The minimum atomic E-state index is -3.26. The van der Waals surface area contributed by atoms with Crippen LogP contribution in [-0.2, 0) is 14.6 Å². The first kappa shape index (κ1) is 16.1. The monoisotopic (exact) mass is 361 g/mol. The second kappa shape index (κ2) is 5.59. The van der Waals surface area contributed by atoms with E-state index >= 15 is 0 Å². The van der Waals surface area contributed by atoms with Gasteiger partial charge in [0.2, 0.25) is 5.91 Å². The van der Waals surface area contributed by atoms with Gasteiger partial charge in [-0.25, -0.2) is 8.42 Å². The molecule has 7 nitrogen and oxygen atoms in total. The lowest BCUT2D eigenvalue weighted by molar-refractivity contribution is -0.133. The molecular formula is C17H19N3O4S. The number of hydrogen-bond acceptors (Lipinski definition) is 4. The number of H-pyrrole nitrogens is 1. The molecule has 2 amide bonds. The molecule has 1 aromatic carbocycles. The third-order valence-corrected chi connectivity index (χ3v) is 6.84. The third kappa shape index (κ3) is 2.70. The van der Waals surface area contributed by atoms with E-state index in [1.165, 1.54) is 6.92 Å². The van der Waals surface area contributed by atoms with Gasteiger partial charge in [-0.3, -0.25) is 9.59 Å². The number of nitrogens with one attached hydrogen (secondary N) is 1. The molecule has 8 heteroatoms. The van der Waals surface area contributed by atoms with Gasteiger partial charge in [0.05, 0.1) is 23.6 Å². The van der Waals surface area contributed by atoms with Gasteiger partial charge in [0.1, 0.15) is 0 Å². The average Bonchev–Trinajstić information content (AvgIpc) is 3.14. The van der Waals surface area contributed by atoms with E-state index in [0.717, 1.165) is 10.9 Å². The van der Waals surface area contributed by atoms with Crippen LogP contribution >= 0.6 is 0 Å². The van der Waals surface area contributed by atoms with Gasteiger partial charge in [-0.05, 0) is 23.6 Å². The number of carbonyl (C=O) groups excluding carboxylic acids is 2. The Labute approximate surface area is 145 Å². The summed E-state index contributed by atoms with van der Waals surface area (Å²) in [6, 6.07) is 6.41. The molecule has 2 fully saturated rings. The molecule has 2 aliphatic heterocycles. The van der Waals surface area contributed by atoms with E-state index in [0.29, 0.717) is 18.7 Å². The quantitative estimate of drug-likeness (QED) is 0.807. The van der Waals surface area contributed by atoms with Gasteiger partial charge in [-0.2, -0.15) is 0 Å². The predicted molar refractivity (Wildman–Crippen MR) is 93.0 cm³/mol. The molecule has 0 saturated carbocycles. The van der Waals surface area contributed by atoms with E-state index in [9.17, 15) is 18.0 Å². The van der Waals surface area contributed by atoms with E-state index in [-0.39, 0.29) is 23.3 Å². The predicted octanol–water partition coefficient (Wildman–Crippen LogP) is 0.638. The highest BCUT2D eigenvalue weighted by molar-refractivity contribution is 7.91. The summed E-state index contributed by atoms with van der Waals surface area (Å²) < 4.78 is 24.3. The molecule has 3 heterocycles. The van der Waals surface area contributed by atoms with Crippen LogP contribution in [0, 0.1) is 0 Å². The zero-order valence-corrected chi connectivity index (χ0v) is 14.6. The Bertz CT molecular complexity index is 965. The van der Waals surface area contributed by atoms with Crippen molar-refractivity contribution in [2.45, 2.75) is 19.0 Å². The Morgan fingerprint density at radius 2 is 1.76 bits per heavy atom. The Balaban J connectivity index is 1.67. The summed E-state index contributed by atoms with van der Waals surface area (Å²) in [4.78, 5) is 31.1. The van der Waals surface area contributed by atoms with Gasteiger partial charge in [0, 0.05) is 37.3 Å². The maximum atomic E-state index is 13.0. The van der Waals surface area contributed by atoms with Gasteiger partial charge in [-0.15, -0.1) is 0 Å². The van der Waals surface area contributed by atoms with Crippen molar-refractivity contribution >= 4 is 32.6 Å². The first-order chi connectivity index (χ1) is 11.9. The van der Waals surface area contributed by atoms with Gasteiger partial charge in [0.25, 0.3) is 5.91 Å². The molecule has 132 valence electrons. The maximum Gasteiger partial charge on any atom is 0.254 e. The van der Waals surface area contributed by atoms with Crippen molar-refractivity contribution in [1.29, 1.82) is 0 Å². The van der Waals surface area contributed by atoms with Crippen LogP contribution in [0.5, 0.6) is 0 Å². The lowest BCUT2D eigenvalue weighted by Gasteiger charge is -2.43. The number of piperazine rings is 1. The highest BCUT2D eigenvalue weighted by Crippen LogP contribution is 2.28. The van der Waals surface area contributed by atoms with E-state index in [1.54, 1.807) is 21.9 Å². The second-order valence-electron chi connectivity index (χ2n) is 6.70. The van der Waals surface area contributed by atoms with Crippen LogP contribution in [0.3, 0.4) is 0 Å². The van der Waals surface area contributed by atoms with Crippen molar-refractivity contribution in [3.63, 3.8) is 0 Å². The summed E-state index contributed by atoms with van der Waals surface area (Å²) in [5, 5.41) is 1.01. The van der Waals surface area contributed by atoms with Crippen LogP contribution in [0.1, 0.15) is 17.3 Å².